The molecule has 0 radical (unpaired) electrons. The maximum atomic E-state index is 6.49. The maximum Gasteiger partial charge on any atom is 0.162 e. The van der Waals surface area contributed by atoms with Crippen molar-refractivity contribution in [2.45, 2.75) is 26.4 Å². The Kier molecular flexibility index (Phi) is 4.66. The molecule has 0 spiro atoms. The third-order valence-electron chi connectivity index (χ3n) is 5.22. The van der Waals surface area contributed by atoms with Gasteiger partial charge in [0.2, 0.25) is 0 Å². The van der Waals surface area contributed by atoms with Gasteiger partial charge >= 0.3 is 0 Å². The normalized spacial score (nSPS) is 14.1. The number of hydrogen-bond donors (Lipinski definition) is 0. The number of benzene rings is 1. The van der Waals surface area contributed by atoms with E-state index >= 15 is 0 Å². The SMILES string of the molecule is Cc1ccc2cc(CN3CCc4nc(-c5cncnc5)ncc4C3)c(Cl)nc2c1. The zero-order valence-electron chi connectivity index (χ0n) is 16.0. The van der Waals surface area contributed by atoms with Crippen LogP contribution in [0.25, 0.3) is 22.3 Å². The number of nitrogens with zero attached hydrogens (tertiary/aromatic N) is 6. The van der Waals surface area contributed by atoms with Crippen LogP contribution in [-0.4, -0.2) is 36.4 Å². The Morgan fingerprint density at radius 2 is 1.93 bits per heavy atom. The van der Waals surface area contributed by atoms with Gasteiger partial charge in [-0.2, -0.15) is 0 Å². The fourth-order valence-electron chi connectivity index (χ4n) is 3.71. The Bertz CT molecular complexity index is 1190. The second kappa shape index (κ2) is 7.46. The number of aromatic nitrogens is 5. The van der Waals surface area contributed by atoms with E-state index in [1.165, 1.54) is 11.9 Å². The molecule has 0 saturated heterocycles. The largest absolute Gasteiger partial charge is 0.294 e. The quantitative estimate of drug-likeness (QED) is 0.482. The Hall–Kier alpha value is -2.96. The molecule has 0 amide bonds. The van der Waals surface area contributed by atoms with Gasteiger partial charge in [-0.3, -0.25) is 4.90 Å². The lowest BCUT2D eigenvalue weighted by atomic mass is 10.1. The summed E-state index contributed by atoms with van der Waals surface area (Å²) in [6.45, 7) is 4.52. The highest BCUT2D eigenvalue weighted by molar-refractivity contribution is 6.30. The van der Waals surface area contributed by atoms with Crippen molar-refractivity contribution in [3.05, 3.63) is 76.7 Å². The predicted molar refractivity (Wildman–Crippen MR) is 112 cm³/mol. The van der Waals surface area contributed by atoms with Crippen LogP contribution in [0.4, 0.5) is 0 Å². The molecule has 0 bridgehead atoms. The summed E-state index contributed by atoms with van der Waals surface area (Å²) < 4.78 is 0. The summed E-state index contributed by atoms with van der Waals surface area (Å²) in [6, 6.07) is 8.42. The van der Waals surface area contributed by atoms with Crippen LogP contribution in [0.3, 0.4) is 0 Å². The van der Waals surface area contributed by atoms with Crippen LogP contribution in [0.15, 0.2) is 49.2 Å². The molecule has 29 heavy (non-hydrogen) atoms. The first-order valence-corrected chi connectivity index (χ1v) is 9.92. The van der Waals surface area contributed by atoms with Crippen LogP contribution in [0.1, 0.15) is 22.4 Å². The Morgan fingerprint density at radius 3 is 2.79 bits per heavy atom. The fourth-order valence-corrected chi connectivity index (χ4v) is 3.92. The average Bonchev–Trinajstić information content (AvgIpc) is 2.75. The number of halogens is 1. The first kappa shape index (κ1) is 18.1. The van der Waals surface area contributed by atoms with E-state index in [0.29, 0.717) is 11.0 Å². The molecule has 0 saturated carbocycles. The topological polar surface area (TPSA) is 67.7 Å². The lowest BCUT2D eigenvalue weighted by molar-refractivity contribution is 0.243. The number of rotatable bonds is 3. The summed E-state index contributed by atoms with van der Waals surface area (Å²) in [5.41, 5.74) is 6.24. The highest BCUT2D eigenvalue weighted by atomic mass is 35.5. The van der Waals surface area contributed by atoms with E-state index in [1.807, 2.05) is 6.20 Å². The minimum Gasteiger partial charge on any atom is -0.294 e. The molecule has 6 nitrogen and oxygen atoms in total. The number of aryl methyl sites for hydroxylation is 1. The van der Waals surface area contributed by atoms with Gasteiger partial charge in [0.05, 0.1) is 16.8 Å². The molecule has 4 heterocycles. The van der Waals surface area contributed by atoms with Crippen molar-refractivity contribution >= 4 is 22.5 Å². The zero-order chi connectivity index (χ0) is 19.8. The monoisotopic (exact) mass is 402 g/mol. The second-order valence-corrected chi connectivity index (χ2v) is 7.75. The Morgan fingerprint density at radius 1 is 1.07 bits per heavy atom. The third-order valence-corrected chi connectivity index (χ3v) is 5.55. The molecular formula is C22H19ClN6. The van der Waals surface area contributed by atoms with Crippen molar-refractivity contribution in [1.82, 2.24) is 29.8 Å². The van der Waals surface area contributed by atoms with Gasteiger partial charge in [-0.15, -0.1) is 0 Å². The van der Waals surface area contributed by atoms with Crippen molar-refractivity contribution in [2.24, 2.45) is 0 Å². The molecule has 0 atom stereocenters. The molecule has 0 aliphatic carbocycles. The molecule has 0 N–H and O–H groups in total. The predicted octanol–water partition coefficient (Wildman–Crippen LogP) is 4.00. The van der Waals surface area contributed by atoms with Crippen LogP contribution >= 0.6 is 11.6 Å². The lowest BCUT2D eigenvalue weighted by Gasteiger charge is -2.28. The van der Waals surface area contributed by atoms with Crippen molar-refractivity contribution in [3.63, 3.8) is 0 Å². The van der Waals surface area contributed by atoms with Crippen LogP contribution in [0, 0.1) is 6.92 Å². The van der Waals surface area contributed by atoms with E-state index in [4.69, 9.17) is 16.6 Å². The average molecular weight is 403 g/mol. The summed E-state index contributed by atoms with van der Waals surface area (Å²) in [6.07, 6.45) is 7.77. The van der Waals surface area contributed by atoms with Gasteiger partial charge in [-0.1, -0.05) is 23.7 Å². The Balaban J connectivity index is 1.37. The van der Waals surface area contributed by atoms with Crippen molar-refractivity contribution in [2.75, 3.05) is 6.54 Å². The molecule has 5 rings (SSSR count). The first-order valence-electron chi connectivity index (χ1n) is 9.54. The van der Waals surface area contributed by atoms with Crippen LogP contribution < -0.4 is 0 Å². The third kappa shape index (κ3) is 3.69. The van der Waals surface area contributed by atoms with E-state index in [1.54, 1.807) is 12.4 Å². The molecule has 1 aliphatic rings. The summed E-state index contributed by atoms with van der Waals surface area (Å²) in [7, 11) is 0. The van der Waals surface area contributed by atoms with Gasteiger partial charge in [0.15, 0.2) is 5.82 Å². The fraction of sp³-hybridized carbons (Fsp3) is 0.227. The highest BCUT2D eigenvalue weighted by Gasteiger charge is 2.20. The molecule has 0 fully saturated rings. The second-order valence-electron chi connectivity index (χ2n) is 7.39. The summed E-state index contributed by atoms with van der Waals surface area (Å²) in [5.74, 6) is 0.676. The summed E-state index contributed by atoms with van der Waals surface area (Å²) in [4.78, 5) is 24.3. The molecule has 7 heteroatoms. The Labute approximate surface area is 173 Å². The first-order chi connectivity index (χ1) is 14.2. The van der Waals surface area contributed by atoms with Crippen LogP contribution in [-0.2, 0) is 19.5 Å². The van der Waals surface area contributed by atoms with Gasteiger partial charge in [0, 0.05) is 61.2 Å². The van der Waals surface area contributed by atoms with Crippen LogP contribution in [0.5, 0.6) is 0 Å². The maximum absolute atomic E-state index is 6.49. The van der Waals surface area contributed by atoms with Gasteiger partial charge in [0.1, 0.15) is 11.5 Å². The molecule has 144 valence electrons. The number of pyridine rings is 1. The van der Waals surface area contributed by atoms with Crippen molar-refractivity contribution in [1.29, 1.82) is 0 Å². The van der Waals surface area contributed by atoms with E-state index in [-0.39, 0.29) is 0 Å². The van der Waals surface area contributed by atoms with Gasteiger partial charge in [-0.05, 0) is 24.6 Å². The highest BCUT2D eigenvalue weighted by Crippen LogP contribution is 2.26. The van der Waals surface area contributed by atoms with E-state index in [9.17, 15) is 0 Å². The molecule has 4 aromatic rings. The molecule has 1 aromatic carbocycles. The standard InChI is InChI=1S/C22H19ClN6/c1-14-2-3-15-7-16(21(23)27-20(15)6-14)11-29-5-4-19-18(12-29)10-26-22(28-19)17-8-24-13-25-9-17/h2-3,6-10,13H,4-5,11-12H2,1H3. The molecule has 0 unspecified atom stereocenters. The minimum absolute atomic E-state index is 0.574. The molecule has 3 aromatic heterocycles. The van der Waals surface area contributed by atoms with Crippen molar-refractivity contribution in [3.8, 4) is 11.4 Å². The van der Waals surface area contributed by atoms with Gasteiger partial charge in [-0.25, -0.2) is 24.9 Å². The molecule has 1 aliphatic heterocycles. The lowest BCUT2D eigenvalue weighted by Crippen LogP contribution is -2.31. The molecular weight excluding hydrogens is 384 g/mol. The number of hydrogen-bond acceptors (Lipinski definition) is 6. The minimum atomic E-state index is 0.574. The van der Waals surface area contributed by atoms with Crippen molar-refractivity contribution < 1.29 is 0 Å². The van der Waals surface area contributed by atoms with Gasteiger partial charge in [0.25, 0.3) is 0 Å². The zero-order valence-corrected chi connectivity index (χ0v) is 16.8. The van der Waals surface area contributed by atoms with E-state index in [0.717, 1.165) is 59.3 Å². The van der Waals surface area contributed by atoms with E-state index < -0.39 is 0 Å². The summed E-state index contributed by atoms with van der Waals surface area (Å²) in [5, 5.41) is 1.69. The van der Waals surface area contributed by atoms with Gasteiger partial charge < -0.3 is 0 Å². The van der Waals surface area contributed by atoms with Crippen LogP contribution in [0.2, 0.25) is 5.15 Å². The van der Waals surface area contributed by atoms with E-state index in [2.05, 4.69) is 56.0 Å². The smallest absolute Gasteiger partial charge is 0.162 e. The summed E-state index contributed by atoms with van der Waals surface area (Å²) >= 11 is 6.49. The number of fused-ring (bicyclic) bond motifs is 2.